The van der Waals surface area contributed by atoms with Crippen LogP contribution in [0.5, 0.6) is 0 Å². The maximum Gasteiger partial charge on any atom is 0.120 e. The molecule has 1 unspecified atom stereocenters. The van der Waals surface area contributed by atoms with Gasteiger partial charge in [-0.25, -0.2) is 0 Å². The fourth-order valence-corrected chi connectivity index (χ4v) is 2.94. The molecule has 1 aliphatic carbocycles. The molecule has 0 heterocycles. The van der Waals surface area contributed by atoms with Crippen LogP contribution in [-0.2, 0) is 4.79 Å². The lowest BCUT2D eigenvalue weighted by Crippen LogP contribution is -2.32. The third-order valence-corrected chi connectivity index (χ3v) is 4.57. The van der Waals surface area contributed by atoms with E-state index in [2.05, 4.69) is 26.1 Å². The van der Waals surface area contributed by atoms with Crippen molar-refractivity contribution in [2.75, 3.05) is 7.05 Å². The van der Waals surface area contributed by atoms with Gasteiger partial charge in [-0.1, -0.05) is 27.2 Å². The molecule has 0 radical (unpaired) electrons. The minimum Gasteiger partial charge on any atom is -0.317 e. The molecular weight excluding hydrogens is 174 g/mol. The highest BCUT2D eigenvalue weighted by Crippen LogP contribution is 2.56. The largest absolute Gasteiger partial charge is 0.317 e. The summed E-state index contributed by atoms with van der Waals surface area (Å²) in [4.78, 5) is 10.7. The summed E-state index contributed by atoms with van der Waals surface area (Å²) >= 11 is 0. The third-order valence-electron chi connectivity index (χ3n) is 4.57. The van der Waals surface area contributed by atoms with Gasteiger partial charge in [-0.2, -0.15) is 0 Å². The Morgan fingerprint density at radius 2 is 1.93 bits per heavy atom. The molecule has 82 valence electrons. The average molecular weight is 197 g/mol. The van der Waals surface area contributed by atoms with Crippen molar-refractivity contribution in [2.45, 2.75) is 52.5 Å². The molecule has 2 heteroatoms. The Kier molecular flexibility index (Phi) is 3.36. The molecule has 14 heavy (non-hydrogen) atoms. The highest BCUT2D eigenvalue weighted by molar-refractivity contribution is 5.51. The van der Waals surface area contributed by atoms with Crippen molar-refractivity contribution < 1.29 is 4.79 Å². The van der Waals surface area contributed by atoms with Crippen LogP contribution in [0.3, 0.4) is 0 Å². The molecule has 2 nitrogen and oxygen atoms in total. The van der Waals surface area contributed by atoms with Crippen molar-refractivity contribution in [3.8, 4) is 0 Å². The van der Waals surface area contributed by atoms with Gasteiger partial charge in [-0.15, -0.1) is 0 Å². The van der Waals surface area contributed by atoms with E-state index in [1.54, 1.807) is 0 Å². The Hall–Kier alpha value is -0.370. The fraction of sp³-hybridized carbons (Fsp3) is 0.917. The van der Waals surface area contributed by atoms with Crippen molar-refractivity contribution in [1.29, 1.82) is 0 Å². The molecule has 0 saturated heterocycles. The topological polar surface area (TPSA) is 29.1 Å². The van der Waals surface area contributed by atoms with Crippen LogP contribution in [0.15, 0.2) is 0 Å². The van der Waals surface area contributed by atoms with Gasteiger partial charge >= 0.3 is 0 Å². The molecule has 0 spiro atoms. The van der Waals surface area contributed by atoms with Crippen molar-refractivity contribution >= 4 is 6.29 Å². The Morgan fingerprint density at radius 1 is 1.36 bits per heavy atom. The van der Waals surface area contributed by atoms with E-state index >= 15 is 0 Å². The van der Waals surface area contributed by atoms with Crippen LogP contribution in [0.1, 0.15) is 46.5 Å². The molecule has 0 aliphatic heterocycles. The van der Waals surface area contributed by atoms with Crippen LogP contribution in [0, 0.1) is 10.8 Å². The van der Waals surface area contributed by atoms with Gasteiger partial charge in [0.1, 0.15) is 6.29 Å². The summed E-state index contributed by atoms with van der Waals surface area (Å²) < 4.78 is 0. The van der Waals surface area contributed by atoms with E-state index in [1.165, 1.54) is 6.42 Å². The maximum absolute atomic E-state index is 10.7. The first-order valence-electron chi connectivity index (χ1n) is 5.62. The molecule has 1 fully saturated rings. The van der Waals surface area contributed by atoms with Crippen molar-refractivity contribution in [1.82, 2.24) is 5.32 Å². The minimum atomic E-state index is 0.192. The molecule has 1 N–H and O–H groups in total. The minimum absolute atomic E-state index is 0.192. The van der Waals surface area contributed by atoms with Crippen molar-refractivity contribution in [3.63, 3.8) is 0 Å². The number of nitrogens with one attached hydrogen (secondary N) is 1. The number of hydrogen-bond acceptors (Lipinski definition) is 2. The summed E-state index contributed by atoms with van der Waals surface area (Å²) in [5.41, 5.74) is 0.513. The Balaban J connectivity index is 2.86. The summed E-state index contributed by atoms with van der Waals surface area (Å²) in [7, 11) is 2.02. The number of carbonyl (C=O) groups excluding carboxylic acids is 1. The summed E-state index contributed by atoms with van der Waals surface area (Å²) in [6.45, 7) is 6.83. The number of aldehydes is 1. The van der Waals surface area contributed by atoms with Gasteiger partial charge in [0.05, 0.1) is 0 Å². The molecule has 1 aliphatic rings. The monoisotopic (exact) mass is 197 g/mol. The van der Waals surface area contributed by atoms with E-state index < -0.39 is 0 Å². The van der Waals surface area contributed by atoms with Gasteiger partial charge in [0.25, 0.3) is 0 Å². The first kappa shape index (κ1) is 11.7. The van der Waals surface area contributed by atoms with Crippen LogP contribution in [-0.4, -0.2) is 19.4 Å². The summed E-state index contributed by atoms with van der Waals surface area (Å²) in [6.07, 6.45) is 5.29. The standard InChI is InChI=1S/C12H23NO/c1-5-11(2)8-10(13-4)9-12(11,3)6-7-14/h7,10,13H,5-6,8-9H2,1-4H3/t10?,11-,12+/m1/s1. The quantitative estimate of drug-likeness (QED) is 0.701. The van der Waals surface area contributed by atoms with E-state index in [9.17, 15) is 4.79 Å². The van der Waals surface area contributed by atoms with Crippen molar-refractivity contribution in [3.05, 3.63) is 0 Å². The second-order valence-corrected chi connectivity index (χ2v) is 5.24. The summed E-state index contributed by atoms with van der Waals surface area (Å²) in [5.74, 6) is 0. The average Bonchev–Trinajstić information content (AvgIpc) is 2.40. The lowest BCUT2D eigenvalue weighted by molar-refractivity contribution is -0.111. The van der Waals surface area contributed by atoms with Gasteiger partial charge < -0.3 is 10.1 Å². The highest BCUT2D eigenvalue weighted by atomic mass is 16.1. The van der Waals surface area contributed by atoms with Gasteiger partial charge in [0.15, 0.2) is 0 Å². The predicted molar refractivity (Wildman–Crippen MR) is 59.3 cm³/mol. The van der Waals surface area contributed by atoms with Crippen LogP contribution in [0.25, 0.3) is 0 Å². The van der Waals surface area contributed by atoms with Gasteiger partial charge in [0.2, 0.25) is 0 Å². The molecule has 1 rings (SSSR count). The lowest BCUT2D eigenvalue weighted by atomic mass is 9.65. The Labute approximate surface area is 87.5 Å². The Bertz CT molecular complexity index is 216. The zero-order valence-corrected chi connectivity index (χ0v) is 9.89. The first-order chi connectivity index (χ1) is 6.51. The smallest absolute Gasteiger partial charge is 0.120 e. The van der Waals surface area contributed by atoms with Gasteiger partial charge in [-0.05, 0) is 30.7 Å². The maximum atomic E-state index is 10.7. The molecule has 3 atom stereocenters. The highest BCUT2D eigenvalue weighted by Gasteiger charge is 2.50. The van der Waals surface area contributed by atoms with Crippen LogP contribution in [0.4, 0.5) is 0 Å². The molecule has 0 aromatic heterocycles. The van der Waals surface area contributed by atoms with Gasteiger partial charge in [-0.3, -0.25) is 0 Å². The fourth-order valence-electron chi connectivity index (χ4n) is 2.94. The van der Waals surface area contributed by atoms with E-state index in [-0.39, 0.29) is 5.41 Å². The number of rotatable bonds is 4. The van der Waals surface area contributed by atoms with E-state index in [0.717, 1.165) is 19.1 Å². The molecule has 0 aromatic rings. The van der Waals surface area contributed by atoms with Crippen LogP contribution >= 0.6 is 0 Å². The molecular formula is C12H23NO. The molecule has 0 amide bonds. The second kappa shape index (κ2) is 4.01. The number of carbonyl (C=O) groups is 1. The summed E-state index contributed by atoms with van der Waals surface area (Å²) in [6, 6.07) is 0.588. The summed E-state index contributed by atoms with van der Waals surface area (Å²) in [5, 5.41) is 3.35. The second-order valence-electron chi connectivity index (χ2n) is 5.24. The molecule has 0 bridgehead atoms. The first-order valence-corrected chi connectivity index (χ1v) is 5.62. The van der Waals surface area contributed by atoms with E-state index in [1.807, 2.05) is 7.05 Å². The number of hydrogen-bond donors (Lipinski definition) is 1. The third kappa shape index (κ3) is 1.72. The lowest BCUT2D eigenvalue weighted by Gasteiger charge is -2.39. The zero-order valence-electron chi connectivity index (χ0n) is 9.89. The van der Waals surface area contributed by atoms with Crippen LogP contribution in [0.2, 0.25) is 0 Å². The van der Waals surface area contributed by atoms with Crippen LogP contribution < -0.4 is 5.32 Å². The predicted octanol–water partition coefficient (Wildman–Crippen LogP) is 2.38. The van der Waals surface area contributed by atoms with E-state index in [4.69, 9.17) is 0 Å². The van der Waals surface area contributed by atoms with E-state index in [0.29, 0.717) is 17.9 Å². The zero-order chi connectivity index (χ0) is 10.8. The van der Waals surface area contributed by atoms with Gasteiger partial charge in [0, 0.05) is 12.5 Å². The molecule has 0 aromatic carbocycles. The SMILES string of the molecule is CC[C@]1(C)CC(NC)C[C@]1(C)CC=O. The van der Waals surface area contributed by atoms with Crippen molar-refractivity contribution in [2.24, 2.45) is 10.8 Å². The Morgan fingerprint density at radius 3 is 2.36 bits per heavy atom. The normalized spacial score (nSPS) is 42.7. The molecule has 1 saturated carbocycles.